The molecule has 0 amide bonds. The standard InChI is InChI=1S/C50H52N2/c1-47(2,3)33-16-20-37-41(38-21-17-34(48(4,5)6)28-44(38)51-43(37)27-33)25-31-14-13-15-32(24-31)26-42-39-22-18-35(49(7,8)9)29-45(39)52-46-30-36(50(10,11)12)19-23-40(42)46/h13-24,27-30H,1-12H3. The first-order valence-electron chi connectivity index (χ1n) is 18.7. The molecule has 0 saturated heterocycles. The quantitative estimate of drug-likeness (QED) is 0.163. The second kappa shape index (κ2) is 12.3. The van der Waals surface area contributed by atoms with Crippen molar-refractivity contribution in [3.05, 3.63) is 175 Å². The minimum absolute atomic E-state index is 0.0234. The molecule has 0 aromatic heterocycles. The third kappa shape index (κ3) is 6.82. The van der Waals surface area contributed by atoms with Crippen LogP contribution in [0.5, 0.6) is 0 Å². The molecule has 7 rings (SSSR count). The average molecular weight is 681 g/mol. The van der Waals surface area contributed by atoms with E-state index in [2.05, 4.69) is 192 Å². The third-order valence-electron chi connectivity index (χ3n) is 10.4. The molecular weight excluding hydrogens is 629 g/mol. The minimum atomic E-state index is 0.0234. The second-order valence-electron chi connectivity index (χ2n) is 18.7. The highest BCUT2D eigenvalue weighted by Gasteiger charge is 2.27. The first-order valence-corrected chi connectivity index (χ1v) is 18.7. The van der Waals surface area contributed by atoms with Crippen molar-refractivity contribution in [2.45, 2.75) is 105 Å². The Morgan fingerprint density at radius 1 is 0.346 bits per heavy atom. The van der Waals surface area contributed by atoms with E-state index in [1.54, 1.807) is 0 Å². The second-order valence-corrected chi connectivity index (χ2v) is 18.7. The summed E-state index contributed by atoms with van der Waals surface area (Å²) in [4.78, 5) is 0. The maximum absolute atomic E-state index is 5.24. The van der Waals surface area contributed by atoms with Gasteiger partial charge in [0.2, 0.25) is 0 Å². The summed E-state index contributed by atoms with van der Waals surface area (Å²) >= 11 is 0. The zero-order chi connectivity index (χ0) is 37.4. The van der Waals surface area contributed by atoms with Crippen LogP contribution in [-0.2, 0) is 21.7 Å². The van der Waals surface area contributed by atoms with Crippen LogP contribution in [-0.4, -0.2) is 0 Å². The molecule has 5 aromatic rings. The molecule has 5 aromatic carbocycles. The van der Waals surface area contributed by atoms with Gasteiger partial charge in [0.1, 0.15) is 22.3 Å². The molecule has 52 heavy (non-hydrogen) atoms. The van der Waals surface area contributed by atoms with E-state index in [1.807, 2.05) is 0 Å². The van der Waals surface area contributed by atoms with Crippen molar-refractivity contribution in [1.82, 2.24) is 0 Å². The van der Waals surface area contributed by atoms with Crippen LogP contribution in [0.15, 0.2) is 97.1 Å². The van der Waals surface area contributed by atoms with Crippen LogP contribution in [0.25, 0.3) is 21.8 Å². The highest BCUT2D eigenvalue weighted by Crippen LogP contribution is 2.52. The van der Waals surface area contributed by atoms with Crippen molar-refractivity contribution >= 4 is 33.9 Å². The van der Waals surface area contributed by atoms with Gasteiger partial charge >= 0.3 is 0 Å². The Morgan fingerprint density at radius 2 is 0.615 bits per heavy atom. The molecule has 2 nitrogen and oxygen atoms in total. The van der Waals surface area contributed by atoms with Gasteiger partial charge in [0.05, 0.1) is 0 Å². The third-order valence-corrected chi connectivity index (χ3v) is 10.4. The van der Waals surface area contributed by atoms with Crippen molar-refractivity contribution in [1.29, 1.82) is 0 Å². The fourth-order valence-corrected chi connectivity index (χ4v) is 6.99. The SMILES string of the molecule is CC(C)(C)c1ccc2c(c1)[N-]c1cc(C(C)(C)C)ccc1C2=[C+]c1cccc([C+]=C2c3ccc(C(C)(C)C)cc3[N-]c3cc(C(C)(C)C)ccc32)c1. The molecule has 0 N–H and O–H groups in total. The Hall–Kier alpha value is -5.00. The Bertz CT molecular complexity index is 1980. The van der Waals surface area contributed by atoms with Crippen LogP contribution >= 0.6 is 0 Å². The van der Waals surface area contributed by atoms with E-state index >= 15 is 0 Å². The molecular formula is C50H52N2. The predicted molar refractivity (Wildman–Crippen MR) is 222 cm³/mol. The molecule has 262 valence electrons. The summed E-state index contributed by atoms with van der Waals surface area (Å²) in [5, 5.41) is 10.5. The Labute approximate surface area is 313 Å². The molecule has 0 radical (unpaired) electrons. The summed E-state index contributed by atoms with van der Waals surface area (Å²) in [6, 6.07) is 35.6. The number of fused-ring (bicyclic) bond motifs is 4. The number of benzene rings is 5. The lowest BCUT2D eigenvalue weighted by molar-refractivity contribution is 0.590. The number of hydrogen-bond acceptors (Lipinski definition) is 0. The van der Waals surface area contributed by atoms with Gasteiger partial charge in [-0.15, -0.1) is 0 Å². The smallest absolute Gasteiger partial charge is 0.134 e. The van der Waals surface area contributed by atoms with E-state index in [0.717, 1.165) is 67.3 Å². The van der Waals surface area contributed by atoms with E-state index in [4.69, 9.17) is 10.6 Å². The van der Waals surface area contributed by atoms with Crippen LogP contribution < -0.4 is 0 Å². The first-order chi connectivity index (χ1) is 24.3. The van der Waals surface area contributed by atoms with Crippen LogP contribution in [0, 0.1) is 12.2 Å². The fourth-order valence-electron chi connectivity index (χ4n) is 6.99. The summed E-state index contributed by atoms with van der Waals surface area (Å²) in [5.41, 5.74) is 17.8. The van der Waals surface area contributed by atoms with E-state index in [9.17, 15) is 0 Å². The van der Waals surface area contributed by atoms with Gasteiger partial charge < -0.3 is 10.6 Å². The van der Waals surface area contributed by atoms with Gasteiger partial charge in [-0.3, -0.25) is 0 Å². The molecule has 2 aliphatic heterocycles. The van der Waals surface area contributed by atoms with Crippen LogP contribution in [0.4, 0.5) is 22.7 Å². The summed E-state index contributed by atoms with van der Waals surface area (Å²) in [6.45, 7) is 27.1. The first kappa shape index (κ1) is 35.4. The van der Waals surface area contributed by atoms with Gasteiger partial charge in [0, 0.05) is 58.7 Å². The van der Waals surface area contributed by atoms with Crippen LogP contribution in [0.3, 0.4) is 0 Å². The van der Waals surface area contributed by atoms with Gasteiger partial charge in [0.25, 0.3) is 0 Å². The number of hydrogen-bond donors (Lipinski definition) is 0. The van der Waals surface area contributed by atoms with E-state index < -0.39 is 0 Å². The molecule has 2 aliphatic rings. The largest absolute Gasteiger partial charge is 0.643 e. The maximum Gasteiger partial charge on any atom is 0.134 e. The summed E-state index contributed by atoms with van der Waals surface area (Å²) in [7, 11) is 0. The Balaban J connectivity index is 1.37. The van der Waals surface area contributed by atoms with Crippen LogP contribution in [0.1, 0.15) is 139 Å². The predicted octanol–water partition coefficient (Wildman–Crippen LogP) is 14.7. The van der Waals surface area contributed by atoms with Gasteiger partial charge in [-0.25, -0.2) is 0 Å². The van der Waals surface area contributed by atoms with Gasteiger partial charge in [-0.2, -0.15) is 0 Å². The molecule has 0 aliphatic carbocycles. The monoisotopic (exact) mass is 680 g/mol. The van der Waals surface area contributed by atoms with E-state index in [0.29, 0.717) is 0 Å². The van der Waals surface area contributed by atoms with Crippen molar-refractivity contribution in [2.24, 2.45) is 0 Å². The van der Waals surface area contributed by atoms with Gasteiger partial charge in [-0.05, 0) is 68.2 Å². The minimum Gasteiger partial charge on any atom is -0.643 e. The lowest BCUT2D eigenvalue weighted by Gasteiger charge is -2.34. The number of rotatable bonds is 2. The summed E-state index contributed by atoms with van der Waals surface area (Å²) in [6.07, 6.45) is 7.73. The molecule has 0 bridgehead atoms. The lowest BCUT2D eigenvalue weighted by Crippen LogP contribution is -2.12. The summed E-state index contributed by atoms with van der Waals surface area (Å²) < 4.78 is 0. The van der Waals surface area contributed by atoms with Crippen molar-refractivity contribution < 1.29 is 0 Å². The van der Waals surface area contributed by atoms with Crippen molar-refractivity contribution in [3.8, 4) is 0 Å². The average Bonchev–Trinajstić information content (AvgIpc) is 3.05. The fraction of sp³-hybridized carbons (Fsp3) is 0.320. The van der Waals surface area contributed by atoms with Gasteiger partial charge in [0.15, 0.2) is 0 Å². The molecule has 2 heteroatoms. The molecule has 0 atom stereocenters. The summed E-state index contributed by atoms with van der Waals surface area (Å²) in [5.74, 6) is 0. The number of nitrogens with zero attached hydrogens (tertiary/aromatic N) is 2. The van der Waals surface area contributed by atoms with Crippen molar-refractivity contribution in [3.63, 3.8) is 0 Å². The highest BCUT2D eigenvalue weighted by molar-refractivity contribution is 6.01. The lowest BCUT2D eigenvalue weighted by atomic mass is 9.81. The molecule has 2 heterocycles. The molecule has 0 unspecified atom stereocenters. The highest BCUT2D eigenvalue weighted by atomic mass is 14.9. The molecule has 0 fully saturated rings. The maximum atomic E-state index is 5.24. The van der Waals surface area contributed by atoms with E-state index in [1.165, 1.54) is 22.3 Å². The molecule has 0 spiro atoms. The van der Waals surface area contributed by atoms with E-state index in [-0.39, 0.29) is 21.7 Å². The Kier molecular flexibility index (Phi) is 8.38. The topological polar surface area (TPSA) is 28.2 Å². The zero-order valence-electron chi connectivity index (χ0n) is 33.1. The normalized spacial score (nSPS) is 13.8. The van der Waals surface area contributed by atoms with Crippen molar-refractivity contribution in [2.75, 3.05) is 0 Å². The Morgan fingerprint density at radius 3 is 0.865 bits per heavy atom. The zero-order valence-corrected chi connectivity index (χ0v) is 33.1. The molecule has 0 saturated carbocycles. The van der Waals surface area contributed by atoms with Crippen LogP contribution in [0.2, 0.25) is 0 Å². The van der Waals surface area contributed by atoms with Gasteiger partial charge in [-0.1, -0.05) is 154 Å².